The topological polar surface area (TPSA) is 64.6 Å². The van der Waals surface area contributed by atoms with E-state index in [0.717, 1.165) is 44.9 Å². The van der Waals surface area contributed by atoms with Crippen LogP contribution in [-0.2, 0) is 9.53 Å². The first-order valence-electron chi connectivity index (χ1n) is 15.6. The van der Waals surface area contributed by atoms with Crippen molar-refractivity contribution < 1.29 is 19.1 Å². The molecular weight excluding hydrogens is 522 g/mol. The van der Waals surface area contributed by atoms with E-state index >= 15 is 0 Å². The smallest absolute Gasteiger partial charge is 0.341 e. The van der Waals surface area contributed by atoms with E-state index in [0.29, 0.717) is 43.3 Å². The number of benzene rings is 1. The summed E-state index contributed by atoms with van der Waals surface area (Å²) in [6.45, 7) is 8.75. The van der Waals surface area contributed by atoms with Gasteiger partial charge in [-0.15, -0.1) is 0 Å². The summed E-state index contributed by atoms with van der Waals surface area (Å²) in [6, 6.07) is 6.90. The number of allylic oxidation sites excluding steroid dienone is 12. The quantitative estimate of drug-likeness (QED) is 0.111. The molecule has 1 rings (SSSR count). The number of hydrogen-bond acceptors (Lipinski definition) is 4. The van der Waals surface area contributed by atoms with Crippen LogP contribution in [0, 0.1) is 5.92 Å². The van der Waals surface area contributed by atoms with Gasteiger partial charge in [-0.1, -0.05) is 106 Å². The molecule has 0 saturated heterocycles. The third kappa shape index (κ3) is 19.5. The summed E-state index contributed by atoms with van der Waals surface area (Å²) in [5, 5.41) is 3.11. The molecule has 0 aromatic heterocycles. The molecule has 0 aliphatic heterocycles. The summed E-state index contributed by atoms with van der Waals surface area (Å²) >= 11 is 0. The lowest BCUT2D eigenvalue weighted by Gasteiger charge is -2.21. The molecule has 1 N–H and O–H groups in total. The van der Waals surface area contributed by atoms with Gasteiger partial charge in [0.2, 0.25) is 5.91 Å². The Kier molecular flexibility index (Phi) is 21.8. The van der Waals surface area contributed by atoms with Crippen LogP contribution in [0.2, 0.25) is 0 Å². The van der Waals surface area contributed by atoms with E-state index in [1.165, 1.54) is 0 Å². The predicted octanol–water partition coefficient (Wildman–Crippen LogP) is 9.25. The highest BCUT2D eigenvalue weighted by molar-refractivity contribution is 5.92. The van der Waals surface area contributed by atoms with Crippen molar-refractivity contribution in [1.82, 2.24) is 5.32 Å². The second kappa shape index (κ2) is 25.1. The minimum absolute atomic E-state index is 0.00227. The lowest BCUT2D eigenvalue weighted by Crippen LogP contribution is -2.40. The van der Waals surface area contributed by atoms with Crippen molar-refractivity contribution in [2.45, 2.75) is 91.5 Å². The summed E-state index contributed by atoms with van der Waals surface area (Å²) in [5.74, 6) is 0.455. The van der Waals surface area contributed by atoms with Crippen molar-refractivity contribution in [1.29, 1.82) is 0 Å². The highest BCUT2D eigenvalue weighted by Gasteiger charge is 2.18. The van der Waals surface area contributed by atoms with Gasteiger partial charge in [0.15, 0.2) is 0 Å². The van der Waals surface area contributed by atoms with Gasteiger partial charge in [-0.3, -0.25) is 4.79 Å². The zero-order valence-corrected chi connectivity index (χ0v) is 26.3. The van der Waals surface area contributed by atoms with Crippen molar-refractivity contribution in [3.63, 3.8) is 0 Å². The van der Waals surface area contributed by atoms with Crippen LogP contribution >= 0.6 is 0 Å². The fraction of sp³-hybridized carbons (Fsp3) is 0.459. The molecule has 1 amide bonds. The van der Waals surface area contributed by atoms with Gasteiger partial charge in [-0.2, -0.15) is 0 Å². The first-order valence-corrected chi connectivity index (χ1v) is 15.6. The molecule has 1 unspecified atom stereocenters. The summed E-state index contributed by atoms with van der Waals surface area (Å²) in [4.78, 5) is 24.8. The molecule has 1 aromatic rings. The maximum Gasteiger partial charge on any atom is 0.341 e. The Bertz CT molecular complexity index is 1050. The van der Waals surface area contributed by atoms with E-state index in [9.17, 15) is 9.59 Å². The molecule has 0 aliphatic carbocycles. The van der Waals surface area contributed by atoms with Crippen LogP contribution in [0.15, 0.2) is 97.2 Å². The van der Waals surface area contributed by atoms with Crippen LogP contribution in [0.4, 0.5) is 0 Å². The number of hydrogen-bond donors (Lipinski definition) is 1. The molecular formula is C37H53NO4. The molecule has 0 fully saturated rings. The monoisotopic (exact) mass is 575 g/mol. The Labute approximate surface area is 255 Å². The van der Waals surface area contributed by atoms with Gasteiger partial charge in [-0.25, -0.2) is 4.79 Å². The molecule has 42 heavy (non-hydrogen) atoms. The molecule has 0 bridgehead atoms. The van der Waals surface area contributed by atoms with Crippen LogP contribution in [0.5, 0.6) is 5.75 Å². The molecule has 0 radical (unpaired) electrons. The van der Waals surface area contributed by atoms with Crippen molar-refractivity contribution in [3.8, 4) is 5.75 Å². The minimum Gasteiger partial charge on any atom is -0.491 e. The standard InChI is InChI=1S/C37H53NO4/c1-5-7-8-9-10-11-12-13-14-15-16-17-18-19-20-21-22-23-24-29-36(39)38-33(30-32(3)4)31-42-35-28-26-25-27-34(35)37(40)41-6-2/h7-8,10-11,13-14,16-17,19-20,22-23,25-28,32-33H,5-6,9,12,15,18,21,24,29-31H2,1-4H3,(H,38,39)/b8-7-,11-10-,14-13-,17-16-,20-19-,23-22-. The number of carbonyl (C=O) groups excluding carboxylic acids is 2. The zero-order chi connectivity index (χ0) is 30.7. The number of amides is 1. The molecule has 1 atom stereocenters. The molecule has 0 saturated carbocycles. The van der Waals surface area contributed by atoms with Crippen LogP contribution in [0.3, 0.4) is 0 Å². The lowest BCUT2D eigenvalue weighted by atomic mass is 10.0. The van der Waals surface area contributed by atoms with Crippen LogP contribution in [0.25, 0.3) is 0 Å². The van der Waals surface area contributed by atoms with Crippen LogP contribution in [0.1, 0.15) is 95.8 Å². The van der Waals surface area contributed by atoms with Gasteiger partial charge in [0, 0.05) is 6.42 Å². The number of rotatable bonds is 22. The highest BCUT2D eigenvalue weighted by Crippen LogP contribution is 2.20. The minimum atomic E-state index is -0.408. The van der Waals surface area contributed by atoms with Gasteiger partial charge in [0.05, 0.1) is 12.6 Å². The lowest BCUT2D eigenvalue weighted by molar-refractivity contribution is -0.122. The Morgan fingerprint density at radius 3 is 1.81 bits per heavy atom. The fourth-order valence-corrected chi connectivity index (χ4v) is 4.05. The Hall–Kier alpha value is -3.60. The third-order valence-electron chi connectivity index (χ3n) is 6.08. The van der Waals surface area contributed by atoms with Crippen molar-refractivity contribution >= 4 is 11.9 Å². The van der Waals surface area contributed by atoms with E-state index in [-0.39, 0.29) is 11.9 Å². The summed E-state index contributed by atoms with van der Waals surface area (Å²) in [7, 11) is 0. The zero-order valence-electron chi connectivity index (χ0n) is 26.3. The fourth-order valence-electron chi connectivity index (χ4n) is 4.05. The van der Waals surface area contributed by atoms with Crippen molar-refractivity contribution in [3.05, 3.63) is 103 Å². The summed E-state index contributed by atoms with van der Waals surface area (Å²) in [6.07, 6.45) is 33.8. The number of carbonyl (C=O) groups is 2. The molecule has 230 valence electrons. The van der Waals surface area contributed by atoms with E-state index in [2.05, 4.69) is 99.0 Å². The first kappa shape index (κ1) is 36.4. The maximum atomic E-state index is 12.6. The molecule has 0 heterocycles. The van der Waals surface area contributed by atoms with E-state index in [4.69, 9.17) is 9.47 Å². The number of ether oxygens (including phenoxy) is 2. The second-order valence-electron chi connectivity index (χ2n) is 10.4. The molecule has 1 aromatic carbocycles. The van der Waals surface area contributed by atoms with Gasteiger partial charge < -0.3 is 14.8 Å². The molecule has 5 nitrogen and oxygen atoms in total. The molecule has 0 aliphatic rings. The third-order valence-corrected chi connectivity index (χ3v) is 6.08. The number of nitrogens with one attached hydrogen (secondary N) is 1. The molecule has 0 spiro atoms. The average Bonchev–Trinajstić information content (AvgIpc) is 2.97. The average molecular weight is 576 g/mol. The largest absolute Gasteiger partial charge is 0.491 e. The number of esters is 1. The van der Waals surface area contributed by atoms with Gasteiger partial charge in [-0.05, 0) is 76.3 Å². The Morgan fingerprint density at radius 1 is 0.762 bits per heavy atom. The predicted molar refractivity (Wildman–Crippen MR) is 177 cm³/mol. The van der Waals surface area contributed by atoms with Gasteiger partial charge in [0.1, 0.15) is 17.9 Å². The highest BCUT2D eigenvalue weighted by atomic mass is 16.5. The van der Waals surface area contributed by atoms with Crippen molar-refractivity contribution in [2.24, 2.45) is 5.92 Å². The Balaban J connectivity index is 2.29. The maximum absolute atomic E-state index is 12.6. The summed E-state index contributed by atoms with van der Waals surface area (Å²) < 4.78 is 11.1. The van der Waals surface area contributed by atoms with Gasteiger partial charge in [0.25, 0.3) is 0 Å². The molecule has 5 heteroatoms. The Morgan fingerprint density at radius 2 is 1.29 bits per heavy atom. The van der Waals surface area contributed by atoms with E-state index in [1.54, 1.807) is 25.1 Å². The van der Waals surface area contributed by atoms with E-state index < -0.39 is 5.97 Å². The summed E-state index contributed by atoms with van der Waals surface area (Å²) in [5.41, 5.74) is 0.395. The van der Waals surface area contributed by atoms with Crippen LogP contribution in [-0.4, -0.2) is 31.1 Å². The van der Waals surface area contributed by atoms with Gasteiger partial charge >= 0.3 is 5.97 Å². The normalized spacial score (nSPS) is 13.1. The van der Waals surface area contributed by atoms with Crippen molar-refractivity contribution in [2.75, 3.05) is 13.2 Å². The van der Waals surface area contributed by atoms with E-state index in [1.807, 2.05) is 6.07 Å². The second-order valence-corrected chi connectivity index (χ2v) is 10.4. The van der Waals surface area contributed by atoms with Crippen LogP contribution < -0.4 is 10.1 Å². The first-order chi connectivity index (χ1) is 20.5. The SMILES string of the molecule is CC/C=C\C/C=C\C/C=C\C/C=C\C/C=C\C/C=C\CCC(=O)NC(COc1ccccc1C(=O)OCC)CC(C)C. The number of para-hydroxylation sites is 1.